The number of phenols is 2. The number of aryl methyl sites for hydroxylation is 1. The van der Waals surface area contributed by atoms with Gasteiger partial charge in [-0.1, -0.05) is 11.1 Å². The highest BCUT2D eigenvalue weighted by atomic mass is 32.2. The van der Waals surface area contributed by atoms with Crippen molar-refractivity contribution < 1.29 is 57.6 Å². The summed E-state index contributed by atoms with van der Waals surface area (Å²) >= 11 is 0.496. The van der Waals surface area contributed by atoms with E-state index in [-0.39, 0.29) is 38.8 Å². The topological polar surface area (TPSA) is 268 Å². The number of benzene rings is 4. The van der Waals surface area contributed by atoms with Gasteiger partial charge < -0.3 is 25.2 Å². The first-order valence-corrected chi connectivity index (χ1v) is 15.3. The predicted octanol–water partition coefficient (Wildman–Crippen LogP) is 6.66. The van der Waals surface area contributed by atoms with Crippen LogP contribution in [0.3, 0.4) is 0 Å². The summed E-state index contributed by atoms with van der Waals surface area (Å²) in [4.78, 5) is 11.6. The van der Waals surface area contributed by atoms with Gasteiger partial charge in [-0.15, -0.1) is 19.7 Å². The van der Waals surface area contributed by atoms with E-state index in [1.165, 1.54) is 55.6 Å². The maximum atomic E-state index is 11.9. The quantitative estimate of drug-likeness (QED) is 0.0277. The Balaban J connectivity index is 1.55. The minimum absolute atomic E-state index is 0.0127. The largest absolute Gasteiger partial charge is 0.506 e. The highest BCUT2D eigenvalue weighted by Crippen LogP contribution is 2.46. The molecule has 0 aliphatic rings. The summed E-state index contributed by atoms with van der Waals surface area (Å²) in [6, 6.07) is 13.1. The molecule has 0 atom stereocenters. The van der Waals surface area contributed by atoms with Crippen molar-refractivity contribution >= 4 is 61.7 Å². The molecule has 5 rings (SSSR count). The second-order valence-corrected chi connectivity index (χ2v) is 11.8. The summed E-state index contributed by atoms with van der Waals surface area (Å²) < 4.78 is 42.5. The Morgan fingerprint density at radius 3 is 2.29 bits per heavy atom. The Hall–Kier alpha value is -5.64. The van der Waals surface area contributed by atoms with Crippen LogP contribution in [0.1, 0.15) is 16.1 Å². The number of ether oxygens (including phenoxy) is 1. The van der Waals surface area contributed by atoms with Gasteiger partial charge in [0.15, 0.2) is 11.4 Å². The van der Waals surface area contributed by atoms with Crippen molar-refractivity contribution in [3.05, 3.63) is 71.9 Å². The van der Waals surface area contributed by atoms with E-state index in [2.05, 4.69) is 34.9 Å². The van der Waals surface area contributed by atoms with Gasteiger partial charge in [0.25, 0.3) is 10.1 Å². The summed E-state index contributed by atoms with van der Waals surface area (Å²) in [5.74, 6) is -2.54. The standard InChI is InChI=1S/C28H22N6O12S2/c1-13-9-20(35)19(12-21(13)44-2)30-31-23-22(47-46-45-40)10-14-3-4-15(11-18(14)26(23)36)29-32-24-25(28(38)39)33-34(27(24)37)16-5-7-17(8-6-16)48(41,42)43/h3-12,35-37,40H,1-2H3,(H,38,39)(H,41,42,43). The van der Waals surface area contributed by atoms with Crippen LogP contribution in [0.2, 0.25) is 0 Å². The van der Waals surface area contributed by atoms with Crippen LogP contribution in [0.4, 0.5) is 22.7 Å². The lowest BCUT2D eigenvalue weighted by atomic mass is 10.1. The van der Waals surface area contributed by atoms with E-state index < -0.39 is 44.0 Å². The lowest BCUT2D eigenvalue weighted by Crippen LogP contribution is -2.02. The summed E-state index contributed by atoms with van der Waals surface area (Å²) in [6.07, 6.45) is 0. The fraction of sp³-hybridized carbons (Fsp3) is 0.0714. The molecule has 18 nitrogen and oxygen atoms in total. The highest BCUT2D eigenvalue weighted by Gasteiger charge is 2.24. The Kier molecular flexibility index (Phi) is 9.56. The first-order chi connectivity index (χ1) is 22.8. The number of fused-ring (bicyclic) bond motifs is 1. The molecule has 20 heteroatoms. The molecule has 0 unspecified atom stereocenters. The number of nitrogens with zero attached hydrogens (tertiary/aromatic N) is 6. The Morgan fingerprint density at radius 2 is 1.65 bits per heavy atom. The number of aromatic hydroxyl groups is 3. The summed E-state index contributed by atoms with van der Waals surface area (Å²) in [6.45, 7) is 1.72. The van der Waals surface area contributed by atoms with Crippen molar-refractivity contribution in [2.24, 2.45) is 20.5 Å². The van der Waals surface area contributed by atoms with Crippen molar-refractivity contribution in [1.82, 2.24) is 9.78 Å². The molecule has 0 bridgehead atoms. The molecule has 0 amide bonds. The molecule has 0 radical (unpaired) electrons. The molecule has 0 spiro atoms. The highest BCUT2D eigenvalue weighted by molar-refractivity contribution is 7.94. The van der Waals surface area contributed by atoms with E-state index in [4.69, 9.17) is 9.99 Å². The Morgan fingerprint density at radius 1 is 0.938 bits per heavy atom. The third kappa shape index (κ3) is 6.88. The van der Waals surface area contributed by atoms with Gasteiger partial charge in [-0.25, -0.2) is 10.1 Å². The predicted molar refractivity (Wildman–Crippen MR) is 166 cm³/mol. The van der Waals surface area contributed by atoms with E-state index in [0.717, 1.165) is 16.8 Å². The van der Waals surface area contributed by atoms with Crippen LogP contribution in [0.5, 0.6) is 23.1 Å². The lowest BCUT2D eigenvalue weighted by Gasteiger charge is -2.10. The van der Waals surface area contributed by atoms with Crippen molar-refractivity contribution in [2.75, 3.05) is 7.11 Å². The van der Waals surface area contributed by atoms with Crippen LogP contribution in [-0.4, -0.2) is 61.5 Å². The van der Waals surface area contributed by atoms with Crippen molar-refractivity contribution in [1.29, 1.82) is 0 Å². The fourth-order valence-electron chi connectivity index (χ4n) is 4.35. The summed E-state index contributed by atoms with van der Waals surface area (Å²) in [5.41, 5.74) is -0.616. The number of aromatic nitrogens is 2. The first-order valence-electron chi connectivity index (χ1n) is 13.1. The normalized spacial score (nSPS) is 12.0. The number of aromatic carboxylic acids is 1. The van der Waals surface area contributed by atoms with E-state index in [9.17, 15) is 38.2 Å². The molecule has 48 heavy (non-hydrogen) atoms. The van der Waals surface area contributed by atoms with E-state index >= 15 is 0 Å². The molecule has 4 aromatic carbocycles. The van der Waals surface area contributed by atoms with E-state index in [1.807, 2.05) is 0 Å². The monoisotopic (exact) mass is 698 g/mol. The number of carboxylic acids is 1. The number of hydrogen-bond donors (Lipinski definition) is 6. The molecule has 0 fully saturated rings. The van der Waals surface area contributed by atoms with Gasteiger partial charge in [0, 0.05) is 11.5 Å². The zero-order valence-corrected chi connectivity index (χ0v) is 26.0. The van der Waals surface area contributed by atoms with Gasteiger partial charge in [-0.2, -0.15) is 23.3 Å². The second kappa shape index (κ2) is 13.6. The number of azo groups is 2. The molecule has 1 heterocycles. The maximum Gasteiger partial charge on any atom is 0.358 e. The van der Waals surface area contributed by atoms with Crippen LogP contribution in [-0.2, 0) is 19.5 Å². The van der Waals surface area contributed by atoms with Crippen LogP contribution in [0.15, 0.2) is 90.9 Å². The van der Waals surface area contributed by atoms with Gasteiger partial charge in [0.05, 0.1) is 40.3 Å². The molecular formula is C28H22N6O12S2. The third-order valence-electron chi connectivity index (χ3n) is 6.62. The number of phenolic OH excluding ortho intramolecular Hbond substituents is 2. The zero-order valence-electron chi connectivity index (χ0n) is 24.4. The molecular weight excluding hydrogens is 676 g/mol. The smallest absolute Gasteiger partial charge is 0.358 e. The first kappa shape index (κ1) is 33.7. The molecule has 0 aliphatic carbocycles. The van der Waals surface area contributed by atoms with Crippen LogP contribution >= 0.6 is 12.0 Å². The Labute approximate surface area is 273 Å². The molecule has 0 aliphatic heterocycles. The minimum Gasteiger partial charge on any atom is -0.506 e. The lowest BCUT2D eigenvalue weighted by molar-refractivity contribution is -0.432. The number of methoxy groups -OCH3 is 1. The van der Waals surface area contributed by atoms with Crippen molar-refractivity contribution in [3.63, 3.8) is 0 Å². The Bertz CT molecular complexity index is 2220. The van der Waals surface area contributed by atoms with Crippen LogP contribution in [0, 0.1) is 6.92 Å². The maximum absolute atomic E-state index is 11.9. The summed E-state index contributed by atoms with van der Waals surface area (Å²) in [5, 5.41) is 74.8. The fourth-order valence-corrected chi connectivity index (χ4v) is 5.33. The summed E-state index contributed by atoms with van der Waals surface area (Å²) in [7, 11) is -3.06. The van der Waals surface area contributed by atoms with Gasteiger partial charge >= 0.3 is 5.97 Å². The van der Waals surface area contributed by atoms with Gasteiger partial charge in [0.2, 0.25) is 11.6 Å². The van der Waals surface area contributed by atoms with E-state index in [0.29, 0.717) is 28.7 Å². The van der Waals surface area contributed by atoms with Crippen molar-refractivity contribution in [3.8, 4) is 28.8 Å². The molecule has 0 saturated carbocycles. The van der Waals surface area contributed by atoms with Gasteiger partial charge in [-0.05, 0) is 66.4 Å². The van der Waals surface area contributed by atoms with Gasteiger partial charge in [-0.3, -0.25) is 4.55 Å². The second-order valence-electron chi connectivity index (χ2n) is 9.62. The van der Waals surface area contributed by atoms with Crippen LogP contribution < -0.4 is 4.74 Å². The SMILES string of the molecule is COc1cc(N=Nc2c(SOOO)cc3ccc(N=Nc4c(C(=O)O)nn(-c5ccc(S(=O)(=O)O)cc5)c4O)cc3c2O)c(O)cc1C. The average Bonchev–Trinajstić information content (AvgIpc) is 3.39. The number of rotatable bonds is 11. The van der Waals surface area contributed by atoms with Crippen molar-refractivity contribution in [2.45, 2.75) is 16.7 Å². The molecule has 248 valence electrons. The molecule has 5 aromatic rings. The zero-order chi connectivity index (χ0) is 34.7. The third-order valence-corrected chi connectivity index (χ3v) is 8.11. The van der Waals surface area contributed by atoms with E-state index in [1.54, 1.807) is 6.92 Å². The average molecular weight is 699 g/mol. The minimum atomic E-state index is -4.50. The molecule has 6 N–H and O–H groups in total. The van der Waals surface area contributed by atoms with Gasteiger partial charge in [0.1, 0.15) is 22.9 Å². The number of carbonyl (C=O) groups is 1. The number of carboxylic acid groups (broad SMARTS) is 1. The number of hydrogen-bond acceptors (Lipinski definition) is 16. The van der Waals surface area contributed by atoms with Crippen LogP contribution in [0.25, 0.3) is 16.5 Å². The molecule has 1 aromatic heterocycles. The molecule has 0 saturated heterocycles.